The molecule has 4 heteroatoms. The van der Waals surface area contributed by atoms with Crippen LogP contribution in [0.5, 0.6) is 0 Å². The maximum absolute atomic E-state index is 11.2. The van der Waals surface area contributed by atoms with Gasteiger partial charge in [-0.05, 0) is 12.3 Å². The fraction of sp³-hybridized carbons (Fsp3) is 0.875. The lowest BCUT2D eigenvalue weighted by molar-refractivity contribution is -0.132. The average Bonchev–Trinajstić information content (AvgIpc) is 2.01. The molecule has 1 fully saturated rings. The van der Waals surface area contributed by atoms with Crippen molar-refractivity contribution in [2.75, 3.05) is 18.8 Å². The number of hydrogen-bond acceptors (Lipinski definition) is 3. The second-order valence-electron chi connectivity index (χ2n) is 3.45. The van der Waals surface area contributed by atoms with Crippen LogP contribution in [-0.2, 0) is 4.79 Å². The number of carbonyl (C=O) groups is 1. The van der Waals surface area contributed by atoms with Gasteiger partial charge in [0.15, 0.2) is 0 Å². The number of hydrogen-bond donors (Lipinski definition) is 2. The third kappa shape index (κ3) is 2.38. The summed E-state index contributed by atoms with van der Waals surface area (Å²) in [6, 6.07) is 0. The Morgan fingerprint density at radius 1 is 1.67 bits per heavy atom. The van der Waals surface area contributed by atoms with Gasteiger partial charge in [-0.2, -0.15) is 12.6 Å². The van der Waals surface area contributed by atoms with Gasteiger partial charge in [0, 0.05) is 13.1 Å². The minimum Gasteiger partial charge on any atom is -0.391 e. The van der Waals surface area contributed by atoms with Gasteiger partial charge in [-0.25, -0.2) is 0 Å². The van der Waals surface area contributed by atoms with E-state index in [1.54, 1.807) is 4.90 Å². The molecule has 0 radical (unpaired) electrons. The molecule has 3 nitrogen and oxygen atoms in total. The van der Waals surface area contributed by atoms with Crippen molar-refractivity contribution in [3.05, 3.63) is 0 Å². The molecule has 0 unspecified atom stereocenters. The summed E-state index contributed by atoms with van der Waals surface area (Å²) in [7, 11) is 0. The number of amides is 1. The standard InChI is InChI=1S/C8H15NO2S/c1-6-2-7(10)4-9(3-6)8(11)5-12/h6-7,10,12H,2-5H2,1H3/t6-,7+/m1/s1. The van der Waals surface area contributed by atoms with Crippen molar-refractivity contribution in [2.45, 2.75) is 19.4 Å². The van der Waals surface area contributed by atoms with Crippen molar-refractivity contribution in [1.29, 1.82) is 0 Å². The quantitative estimate of drug-likeness (QED) is 0.576. The molecule has 0 aromatic rings. The molecule has 0 aromatic heterocycles. The first-order valence-electron chi connectivity index (χ1n) is 4.20. The summed E-state index contributed by atoms with van der Waals surface area (Å²) in [5.74, 6) is 0.654. The van der Waals surface area contributed by atoms with E-state index in [9.17, 15) is 9.90 Å². The molecule has 1 saturated heterocycles. The topological polar surface area (TPSA) is 40.5 Å². The highest BCUT2D eigenvalue weighted by Crippen LogP contribution is 2.16. The summed E-state index contributed by atoms with van der Waals surface area (Å²) in [4.78, 5) is 12.9. The minimum absolute atomic E-state index is 0.0175. The highest BCUT2D eigenvalue weighted by Gasteiger charge is 2.25. The Bertz CT molecular complexity index is 164. The van der Waals surface area contributed by atoms with E-state index in [0.717, 1.165) is 13.0 Å². The zero-order valence-corrected chi connectivity index (χ0v) is 8.13. The maximum atomic E-state index is 11.2. The van der Waals surface area contributed by atoms with Gasteiger partial charge in [-0.15, -0.1) is 0 Å². The van der Waals surface area contributed by atoms with Gasteiger partial charge in [-0.3, -0.25) is 4.79 Å². The van der Waals surface area contributed by atoms with E-state index in [0.29, 0.717) is 12.5 Å². The van der Waals surface area contributed by atoms with Crippen LogP contribution in [-0.4, -0.2) is 40.9 Å². The Kier molecular flexibility index (Phi) is 3.40. The normalized spacial score (nSPS) is 30.4. The zero-order chi connectivity index (χ0) is 9.14. The van der Waals surface area contributed by atoms with Gasteiger partial charge in [0.25, 0.3) is 0 Å². The molecule has 0 saturated carbocycles. The third-order valence-corrected chi connectivity index (χ3v) is 2.40. The van der Waals surface area contributed by atoms with Gasteiger partial charge in [0.1, 0.15) is 0 Å². The molecular formula is C8H15NO2S. The van der Waals surface area contributed by atoms with Gasteiger partial charge < -0.3 is 10.0 Å². The van der Waals surface area contributed by atoms with Gasteiger partial charge in [0.05, 0.1) is 11.9 Å². The Balaban J connectivity index is 2.49. The zero-order valence-electron chi connectivity index (χ0n) is 7.23. The molecule has 1 amide bonds. The number of thiol groups is 1. The molecule has 1 aliphatic heterocycles. The summed E-state index contributed by atoms with van der Waals surface area (Å²) < 4.78 is 0. The van der Waals surface area contributed by atoms with Crippen LogP contribution in [0.1, 0.15) is 13.3 Å². The number of β-amino-alcohol motifs (C(OH)–C–C–N with tert-alkyl or cyclic N) is 1. The lowest BCUT2D eigenvalue weighted by atomic mass is 9.98. The number of aliphatic hydroxyl groups excluding tert-OH is 1. The molecule has 1 aliphatic rings. The van der Waals surface area contributed by atoms with Crippen LogP contribution < -0.4 is 0 Å². The molecule has 1 heterocycles. The fourth-order valence-electron chi connectivity index (χ4n) is 1.62. The van der Waals surface area contributed by atoms with E-state index in [2.05, 4.69) is 12.6 Å². The Morgan fingerprint density at radius 2 is 2.33 bits per heavy atom. The van der Waals surface area contributed by atoms with Crippen LogP contribution in [0.3, 0.4) is 0 Å². The SMILES string of the molecule is C[C@@H]1C[C@H](O)CN(C(=O)CS)C1. The van der Waals surface area contributed by atoms with Crippen LogP contribution in [0.4, 0.5) is 0 Å². The van der Waals surface area contributed by atoms with Crippen LogP contribution in [0.25, 0.3) is 0 Å². The van der Waals surface area contributed by atoms with Crippen molar-refractivity contribution in [2.24, 2.45) is 5.92 Å². The number of carbonyl (C=O) groups excluding carboxylic acids is 1. The number of aliphatic hydroxyl groups is 1. The number of likely N-dealkylation sites (tertiary alicyclic amines) is 1. The second-order valence-corrected chi connectivity index (χ2v) is 3.77. The van der Waals surface area contributed by atoms with Crippen LogP contribution in [0.15, 0.2) is 0 Å². The number of piperidine rings is 1. The highest BCUT2D eigenvalue weighted by atomic mass is 32.1. The summed E-state index contributed by atoms with van der Waals surface area (Å²) in [5, 5.41) is 9.38. The minimum atomic E-state index is -0.349. The van der Waals surface area contributed by atoms with Crippen molar-refractivity contribution in [3.63, 3.8) is 0 Å². The molecule has 1 rings (SSSR count). The highest BCUT2D eigenvalue weighted by molar-refractivity contribution is 7.81. The molecule has 2 atom stereocenters. The van der Waals surface area contributed by atoms with E-state index in [1.807, 2.05) is 6.92 Å². The largest absolute Gasteiger partial charge is 0.391 e. The molecule has 0 spiro atoms. The van der Waals surface area contributed by atoms with Crippen LogP contribution in [0.2, 0.25) is 0 Å². The third-order valence-electron chi connectivity index (χ3n) is 2.13. The molecule has 12 heavy (non-hydrogen) atoms. The second kappa shape index (κ2) is 4.14. The Hall–Kier alpha value is -0.220. The van der Waals surface area contributed by atoms with Gasteiger partial charge >= 0.3 is 0 Å². The van der Waals surface area contributed by atoms with Crippen molar-refractivity contribution in [1.82, 2.24) is 4.90 Å². The lowest BCUT2D eigenvalue weighted by Crippen LogP contribution is -2.46. The Morgan fingerprint density at radius 3 is 2.83 bits per heavy atom. The van der Waals surface area contributed by atoms with E-state index < -0.39 is 0 Å². The fourth-order valence-corrected chi connectivity index (χ4v) is 1.82. The monoisotopic (exact) mass is 189 g/mol. The van der Waals surface area contributed by atoms with Crippen LogP contribution in [0, 0.1) is 5.92 Å². The van der Waals surface area contributed by atoms with Crippen LogP contribution >= 0.6 is 12.6 Å². The van der Waals surface area contributed by atoms with Crippen molar-refractivity contribution in [3.8, 4) is 0 Å². The molecule has 1 N–H and O–H groups in total. The predicted octanol–water partition coefficient (Wildman–Crippen LogP) is 0.145. The molecular weight excluding hydrogens is 174 g/mol. The Labute approximate surface area is 78.2 Å². The summed E-state index contributed by atoms with van der Waals surface area (Å²) in [6.45, 7) is 3.28. The number of nitrogens with zero attached hydrogens (tertiary/aromatic N) is 1. The van der Waals surface area contributed by atoms with E-state index in [1.165, 1.54) is 0 Å². The molecule has 0 aliphatic carbocycles. The maximum Gasteiger partial charge on any atom is 0.232 e. The molecule has 0 bridgehead atoms. The summed E-state index contributed by atoms with van der Waals surface area (Å²) in [6.07, 6.45) is 0.452. The van der Waals surface area contributed by atoms with Crippen molar-refractivity contribution < 1.29 is 9.90 Å². The smallest absolute Gasteiger partial charge is 0.232 e. The summed E-state index contributed by atoms with van der Waals surface area (Å²) in [5.41, 5.74) is 0. The van der Waals surface area contributed by atoms with E-state index in [4.69, 9.17) is 0 Å². The number of rotatable bonds is 1. The predicted molar refractivity (Wildman–Crippen MR) is 50.2 cm³/mol. The van der Waals surface area contributed by atoms with E-state index in [-0.39, 0.29) is 17.8 Å². The first-order valence-corrected chi connectivity index (χ1v) is 4.83. The summed E-state index contributed by atoms with van der Waals surface area (Å²) >= 11 is 3.91. The first kappa shape index (κ1) is 9.86. The van der Waals surface area contributed by atoms with Crippen molar-refractivity contribution >= 4 is 18.5 Å². The molecule has 0 aromatic carbocycles. The average molecular weight is 189 g/mol. The van der Waals surface area contributed by atoms with Gasteiger partial charge in [-0.1, -0.05) is 6.92 Å². The molecule has 70 valence electrons. The first-order chi connectivity index (χ1) is 5.63. The lowest BCUT2D eigenvalue weighted by Gasteiger charge is -2.33. The van der Waals surface area contributed by atoms with E-state index >= 15 is 0 Å². The van der Waals surface area contributed by atoms with Gasteiger partial charge in [0.2, 0.25) is 5.91 Å².